The van der Waals surface area contributed by atoms with Gasteiger partial charge in [-0.15, -0.1) is 0 Å². The topological polar surface area (TPSA) is 44.7 Å². The summed E-state index contributed by atoms with van der Waals surface area (Å²) in [4.78, 5) is 9.68. The first kappa shape index (κ1) is 11.0. The maximum absolute atomic E-state index is 9.68. The molecule has 50 valence electrons. The number of hydrogen-bond acceptors (Lipinski definition) is 1. The molecule has 0 aromatic heterocycles. The third-order valence-corrected chi connectivity index (χ3v) is 0.777. The number of hydrogen-bond donors (Lipinski definition) is 1. The lowest BCUT2D eigenvalue weighted by atomic mass is 10.2. The molecule has 3 N–H and O–H groups in total. The van der Waals surface area contributed by atoms with E-state index in [4.69, 9.17) is 0 Å². The Balaban J connectivity index is 0. The molecule has 0 bridgehead atoms. The molecule has 3 heteroatoms. The van der Waals surface area contributed by atoms with Gasteiger partial charge in [0.05, 0.1) is 6.04 Å². The van der Waals surface area contributed by atoms with Crippen LogP contribution in [0.3, 0.4) is 0 Å². The Hall–Kier alpha value is 0.110. The highest BCUT2D eigenvalue weighted by atomic mass is 79.9. The van der Waals surface area contributed by atoms with E-state index in [1.54, 1.807) is 0 Å². The molecular formula is C5H12BrNO. The largest absolute Gasteiger partial charge is 1.00 e. The number of carbonyl (C=O) groups excluding carboxylic acids is 1. The van der Waals surface area contributed by atoms with Crippen LogP contribution in [-0.4, -0.2) is 12.3 Å². The molecule has 1 atom stereocenters. The Morgan fingerprint density at radius 3 is 2.38 bits per heavy atom. The number of quaternary nitrogens is 1. The lowest BCUT2D eigenvalue weighted by molar-refractivity contribution is -0.414. The normalized spacial score (nSPS) is 11.8. The van der Waals surface area contributed by atoms with Crippen molar-refractivity contribution in [3.8, 4) is 0 Å². The van der Waals surface area contributed by atoms with E-state index in [1.165, 1.54) is 0 Å². The van der Waals surface area contributed by atoms with Gasteiger partial charge in [0.1, 0.15) is 6.29 Å². The molecule has 0 heterocycles. The molecule has 0 aliphatic heterocycles. The summed E-state index contributed by atoms with van der Waals surface area (Å²) >= 11 is 0. The Morgan fingerprint density at radius 1 is 1.75 bits per heavy atom. The van der Waals surface area contributed by atoms with Crippen LogP contribution in [0.5, 0.6) is 0 Å². The van der Waals surface area contributed by atoms with E-state index in [1.807, 2.05) is 6.92 Å². The maximum Gasteiger partial charge on any atom is 0.120 e. The van der Waals surface area contributed by atoms with E-state index in [9.17, 15) is 4.79 Å². The molecule has 0 aliphatic rings. The summed E-state index contributed by atoms with van der Waals surface area (Å²) < 4.78 is 0. The van der Waals surface area contributed by atoms with Crippen molar-refractivity contribution in [2.24, 2.45) is 0 Å². The third-order valence-electron chi connectivity index (χ3n) is 0.777. The summed E-state index contributed by atoms with van der Waals surface area (Å²) in [6, 6.07) is 0.421. The fourth-order valence-electron chi connectivity index (χ4n) is 0.353. The van der Waals surface area contributed by atoms with Crippen molar-refractivity contribution >= 4 is 6.29 Å². The van der Waals surface area contributed by atoms with Crippen molar-refractivity contribution in [3.05, 3.63) is 0 Å². The SMILES string of the molecule is CC([NH3+])CCC=O.[Br-]. The molecule has 0 saturated heterocycles. The van der Waals surface area contributed by atoms with Gasteiger partial charge in [-0.25, -0.2) is 0 Å². The predicted octanol–water partition coefficient (Wildman–Crippen LogP) is -3.40. The molecule has 2 nitrogen and oxygen atoms in total. The van der Waals surface area contributed by atoms with Gasteiger partial charge in [0.15, 0.2) is 0 Å². The number of aldehydes is 1. The van der Waals surface area contributed by atoms with Crippen LogP contribution in [0.2, 0.25) is 0 Å². The minimum atomic E-state index is 0. The quantitative estimate of drug-likeness (QED) is 0.454. The van der Waals surface area contributed by atoms with E-state index in [-0.39, 0.29) is 17.0 Å². The molecule has 0 aromatic rings. The van der Waals surface area contributed by atoms with Crippen molar-refractivity contribution in [1.29, 1.82) is 0 Å². The minimum absolute atomic E-state index is 0. The number of rotatable bonds is 3. The zero-order valence-corrected chi connectivity index (χ0v) is 6.65. The zero-order valence-electron chi connectivity index (χ0n) is 5.06. The first-order chi connectivity index (χ1) is 3.27. The second kappa shape index (κ2) is 7.11. The van der Waals surface area contributed by atoms with E-state index < -0.39 is 0 Å². The van der Waals surface area contributed by atoms with Gasteiger partial charge in [0, 0.05) is 12.8 Å². The van der Waals surface area contributed by atoms with Crippen LogP contribution in [0.25, 0.3) is 0 Å². The Bertz CT molecular complexity index is 56.4. The van der Waals surface area contributed by atoms with Gasteiger partial charge in [-0.2, -0.15) is 0 Å². The molecule has 0 fully saturated rings. The van der Waals surface area contributed by atoms with Crippen LogP contribution in [0.1, 0.15) is 19.8 Å². The lowest BCUT2D eigenvalue weighted by Gasteiger charge is -1.92. The van der Waals surface area contributed by atoms with Crippen molar-refractivity contribution in [1.82, 2.24) is 0 Å². The van der Waals surface area contributed by atoms with Crippen molar-refractivity contribution in [2.45, 2.75) is 25.8 Å². The number of halogens is 1. The first-order valence-corrected chi connectivity index (χ1v) is 2.54. The van der Waals surface area contributed by atoms with E-state index >= 15 is 0 Å². The highest BCUT2D eigenvalue weighted by molar-refractivity contribution is 5.49. The molecule has 0 aliphatic carbocycles. The summed E-state index contributed by atoms with van der Waals surface area (Å²) in [5.74, 6) is 0. The summed E-state index contributed by atoms with van der Waals surface area (Å²) in [5, 5.41) is 0. The fourth-order valence-corrected chi connectivity index (χ4v) is 0.353. The molecule has 0 aromatic carbocycles. The Kier molecular flexibility index (Phi) is 9.76. The highest BCUT2D eigenvalue weighted by Gasteiger charge is 1.92. The van der Waals surface area contributed by atoms with E-state index in [2.05, 4.69) is 5.73 Å². The predicted molar refractivity (Wildman–Crippen MR) is 27.6 cm³/mol. The summed E-state index contributed by atoms with van der Waals surface area (Å²) in [5.41, 5.74) is 3.72. The van der Waals surface area contributed by atoms with Gasteiger partial charge >= 0.3 is 0 Å². The van der Waals surface area contributed by atoms with Crippen molar-refractivity contribution in [3.63, 3.8) is 0 Å². The van der Waals surface area contributed by atoms with Crippen LogP contribution in [0.15, 0.2) is 0 Å². The first-order valence-electron chi connectivity index (χ1n) is 2.54. The minimum Gasteiger partial charge on any atom is -1.00 e. The van der Waals surface area contributed by atoms with Crippen molar-refractivity contribution in [2.75, 3.05) is 0 Å². The second-order valence-corrected chi connectivity index (χ2v) is 1.85. The molecular weight excluding hydrogens is 170 g/mol. The smallest absolute Gasteiger partial charge is 0.120 e. The summed E-state index contributed by atoms with van der Waals surface area (Å²) in [7, 11) is 0. The van der Waals surface area contributed by atoms with E-state index in [0.717, 1.165) is 12.7 Å². The summed E-state index contributed by atoms with van der Waals surface area (Å²) in [6.45, 7) is 2.00. The molecule has 0 radical (unpaired) electrons. The standard InChI is InChI=1S/C5H11NO.BrH/c1-5(6)3-2-4-7;/h4-5H,2-3,6H2,1H3;1H. The van der Waals surface area contributed by atoms with Crippen LogP contribution in [0.4, 0.5) is 0 Å². The summed E-state index contributed by atoms with van der Waals surface area (Å²) in [6.07, 6.45) is 2.51. The Labute approximate surface area is 60.2 Å². The van der Waals surface area contributed by atoms with Crippen molar-refractivity contribution < 1.29 is 27.5 Å². The van der Waals surface area contributed by atoms with Crippen LogP contribution < -0.4 is 22.7 Å². The molecule has 0 amide bonds. The molecule has 0 saturated carbocycles. The molecule has 0 rings (SSSR count). The fraction of sp³-hybridized carbons (Fsp3) is 0.800. The highest BCUT2D eigenvalue weighted by Crippen LogP contribution is 1.84. The van der Waals surface area contributed by atoms with Crippen LogP contribution in [0, 0.1) is 0 Å². The second-order valence-electron chi connectivity index (χ2n) is 1.85. The van der Waals surface area contributed by atoms with Gasteiger partial charge in [-0.05, 0) is 6.92 Å². The van der Waals surface area contributed by atoms with Gasteiger partial charge < -0.3 is 27.5 Å². The molecule has 0 spiro atoms. The van der Waals surface area contributed by atoms with Gasteiger partial charge in [0.2, 0.25) is 0 Å². The van der Waals surface area contributed by atoms with Gasteiger partial charge in [-0.1, -0.05) is 0 Å². The average molecular weight is 182 g/mol. The monoisotopic (exact) mass is 181 g/mol. The Morgan fingerprint density at radius 2 is 2.25 bits per heavy atom. The van der Waals surface area contributed by atoms with Crippen LogP contribution >= 0.6 is 0 Å². The number of carbonyl (C=O) groups is 1. The zero-order chi connectivity index (χ0) is 5.70. The average Bonchev–Trinajstić information content (AvgIpc) is 1.61. The van der Waals surface area contributed by atoms with E-state index in [0.29, 0.717) is 12.5 Å². The van der Waals surface area contributed by atoms with Gasteiger partial charge in [0.25, 0.3) is 0 Å². The van der Waals surface area contributed by atoms with Gasteiger partial charge in [-0.3, -0.25) is 0 Å². The lowest BCUT2D eigenvalue weighted by Crippen LogP contribution is -3.00. The van der Waals surface area contributed by atoms with Crippen LogP contribution in [-0.2, 0) is 4.79 Å². The molecule has 1 unspecified atom stereocenters. The third kappa shape index (κ3) is 9.44. The molecule has 8 heavy (non-hydrogen) atoms. The maximum atomic E-state index is 9.68.